The average molecular weight is 415 g/mol. The summed E-state index contributed by atoms with van der Waals surface area (Å²) in [5.74, 6) is 1.04. The first-order valence-corrected chi connectivity index (χ1v) is 9.43. The number of nitrogens with one attached hydrogen (secondary N) is 2. The molecule has 2 N–H and O–H groups in total. The predicted molar refractivity (Wildman–Crippen MR) is 110 cm³/mol. The van der Waals surface area contributed by atoms with Crippen LogP contribution in [0.25, 0.3) is 0 Å². The molecule has 156 valence electrons. The summed E-state index contributed by atoms with van der Waals surface area (Å²) in [6.45, 7) is 3.21. The summed E-state index contributed by atoms with van der Waals surface area (Å²) in [6.07, 6.45) is -2.97. The van der Waals surface area contributed by atoms with Crippen LogP contribution in [0, 0.1) is 0 Å². The Balaban J connectivity index is 1.41. The van der Waals surface area contributed by atoms with E-state index in [0.29, 0.717) is 17.3 Å². The molecule has 1 saturated heterocycles. The van der Waals surface area contributed by atoms with Crippen LogP contribution < -0.4 is 15.5 Å². The maximum Gasteiger partial charge on any atom is 0.416 e. The Hall–Kier alpha value is -3.33. The highest BCUT2D eigenvalue weighted by molar-refractivity contribution is 5.64. The van der Waals surface area contributed by atoms with Crippen LogP contribution in [-0.4, -0.2) is 36.3 Å². The van der Waals surface area contributed by atoms with Crippen molar-refractivity contribution in [3.63, 3.8) is 0 Å². The zero-order chi connectivity index (χ0) is 21.0. The molecule has 0 aliphatic carbocycles. The van der Waals surface area contributed by atoms with Gasteiger partial charge in [0.25, 0.3) is 0 Å². The van der Waals surface area contributed by atoms with E-state index in [-0.39, 0.29) is 0 Å². The van der Waals surface area contributed by atoms with Crippen LogP contribution in [0.1, 0.15) is 5.56 Å². The lowest BCUT2D eigenvalue weighted by atomic mass is 10.2. The third-order valence-electron chi connectivity index (χ3n) is 4.67. The van der Waals surface area contributed by atoms with Gasteiger partial charge in [0.05, 0.1) is 18.8 Å². The first-order chi connectivity index (χ1) is 14.5. The van der Waals surface area contributed by atoms with E-state index in [1.165, 1.54) is 18.5 Å². The van der Waals surface area contributed by atoms with Crippen LogP contribution in [0.15, 0.2) is 60.9 Å². The number of alkyl halides is 3. The molecule has 9 heteroatoms. The second kappa shape index (κ2) is 8.58. The molecule has 1 aliphatic heterocycles. The van der Waals surface area contributed by atoms with E-state index in [4.69, 9.17) is 4.74 Å². The van der Waals surface area contributed by atoms with E-state index in [2.05, 4.69) is 25.5 Å². The summed E-state index contributed by atoms with van der Waals surface area (Å²) in [6, 6.07) is 14.5. The van der Waals surface area contributed by atoms with Crippen molar-refractivity contribution in [1.29, 1.82) is 0 Å². The summed E-state index contributed by atoms with van der Waals surface area (Å²) in [4.78, 5) is 10.6. The smallest absolute Gasteiger partial charge is 0.378 e. The summed E-state index contributed by atoms with van der Waals surface area (Å²) in [5, 5.41) is 6.19. The first-order valence-electron chi connectivity index (χ1n) is 9.43. The van der Waals surface area contributed by atoms with Crippen LogP contribution in [0.3, 0.4) is 0 Å². The van der Waals surface area contributed by atoms with Gasteiger partial charge >= 0.3 is 6.18 Å². The van der Waals surface area contributed by atoms with Gasteiger partial charge in [-0.3, -0.25) is 0 Å². The number of ether oxygens (including phenoxy) is 1. The van der Waals surface area contributed by atoms with Crippen LogP contribution in [0.2, 0.25) is 0 Å². The topological polar surface area (TPSA) is 62.3 Å². The zero-order valence-corrected chi connectivity index (χ0v) is 16.0. The molecular formula is C21H20F3N5O. The molecule has 2 heterocycles. The van der Waals surface area contributed by atoms with E-state index in [9.17, 15) is 13.2 Å². The quantitative estimate of drug-likeness (QED) is 0.623. The lowest BCUT2D eigenvalue weighted by Gasteiger charge is -2.28. The molecule has 6 nitrogen and oxygen atoms in total. The van der Waals surface area contributed by atoms with E-state index in [1.807, 2.05) is 24.3 Å². The molecule has 0 radical (unpaired) electrons. The molecule has 0 amide bonds. The Bertz CT molecular complexity index is 971. The van der Waals surface area contributed by atoms with E-state index >= 15 is 0 Å². The van der Waals surface area contributed by atoms with Crippen molar-refractivity contribution in [3.05, 3.63) is 66.5 Å². The van der Waals surface area contributed by atoms with Crippen molar-refractivity contribution in [1.82, 2.24) is 9.97 Å². The summed E-state index contributed by atoms with van der Waals surface area (Å²) < 4.78 is 43.4. The second-order valence-corrected chi connectivity index (χ2v) is 6.76. The highest BCUT2D eigenvalue weighted by atomic mass is 19.4. The van der Waals surface area contributed by atoms with Gasteiger partial charge in [-0.15, -0.1) is 0 Å². The maximum atomic E-state index is 12.7. The van der Waals surface area contributed by atoms with Crippen LogP contribution in [0.5, 0.6) is 0 Å². The molecule has 3 aromatic rings. The second-order valence-electron chi connectivity index (χ2n) is 6.76. The molecule has 1 aliphatic rings. The Labute approximate surface area is 171 Å². The van der Waals surface area contributed by atoms with Gasteiger partial charge in [0.1, 0.15) is 18.0 Å². The number of hydrogen-bond acceptors (Lipinski definition) is 6. The third-order valence-corrected chi connectivity index (χ3v) is 4.67. The molecule has 1 aromatic heterocycles. The fourth-order valence-corrected chi connectivity index (χ4v) is 3.11. The Kier molecular flexibility index (Phi) is 5.71. The van der Waals surface area contributed by atoms with Crippen molar-refractivity contribution in [2.45, 2.75) is 6.18 Å². The lowest BCUT2D eigenvalue weighted by molar-refractivity contribution is -0.137. The largest absolute Gasteiger partial charge is 0.416 e. The van der Waals surface area contributed by atoms with Gasteiger partial charge in [-0.2, -0.15) is 13.2 Å². The molecule has 0 unspecified atom stereocenters. The molecule has 2 aromatic carbocycles. The number of hydrogen-bond donors (Lipinski definition) is 2. The molecule has 0 saturated carbocycles. The molecule has 4 rings (SSSR count). The van der Waals surface area contributed by atoms with Gasteiger partial charge in [-0.1, -0.05) is 0 Å². The predicted octanol–water partition coefficient (Wildman–Crippen LogP) is 4.82. The minimum atomic E-state index is -4.36. The normalized spacial score (nSPS) is 14.4. The summed E-state index contributed by atoms with van der Waals surface area (Å²) in [5.41, 5.74) is 1.81. The third kappa shape index (κ3) is 4.98. The highest BCUT2D eigenvalue weighted by Crippen LogP contribution is 2.30. The van der Waals surface area contributed by atoms with Crippen LogP contribution in [-0.2, 0) is 10.9 Å². The van der Waals surface area contributed by atoms with Crippen LogP contribution in [0.4, 0.5) is 41.9 Å². The van der Waals surface area contributed by atoms with Gasteiger partial charge in [0.2, 0.25) is 0 Å². The minimum Gasteiger partial charge on any atom is -0.378 e. The summed E-state index contributed by atoms with van der Waals surface area (Å²) in [7, 11) is 0. The van der Waals surface area contributed by atoms with Gasteiger partial charge in [0.15, 0.2) is 0 Å². The monoisotopic (exact) mass is 415 g/mol. The van der Waals surface area contributed by atoms with Crippen molar-refractivity contribution < 1.29 is 17.9 Å². The van der Waals surface area contributed by atoms with Crippen molar-refractivity contribution in [3.8, 4) is 0 Å². The average Bonchev–Trinajstić information content (AvgIpc) is 2.75. The van der Waals surface area contributed by atoms with Gasteiger partial charge in [0, 0.05) is 36.2 Å². The van der Waals surface area contributed by atoms with Gasteiger partial charge < -0.3 is 20.3 Å². The lowest BCUT2D eigenvalue weighted by Crippen LogP contribution is -2.36. The van der Waals surface area contributed by atoms with Crippen LogP contribution >= 0.6 is 0 Å². The number of aromatic nitrogens is 2. The molecule has 0 spiro atoms. The minimum absolute atomic E-state index is 0.470. The molecule has 30 heavy (non-hydrogen) atoms. The SMILES string of the molecule is FC(F)(F)c1ccc(Nc2cc(Nc3ccc(N4CCOCC4)cc3)ncn2)cc1. The highest BCUT2D eigenvalue weighted by Gasteiger charge is 2.29. The Morgan fingerprint density at radius 1 is 0.800 bits per heavy atom. The standard InChI is InChI=1S/C21H20F3N5O/c22-21(23,24)15-1-3-16(4-2-15)27-19-13-20(26-14-25-19)28-17-5-7-18(8-6-17)29-9-11-30-12-10-29/h1-8,13-14H,9-12H2,(H2,25,26,27,28). The number of rotatable bonds is 5. The zero-order valence-electron chi connectivity index (χ0n) is 16.0. The number of anilines is 5. The van der Waals surface area contributed by atoms with Crippen molar-refractivity contribution >= 4 is 28.7 Å². The number of nitrogens with zero attached hydrogens (tertiary/aromatic N) is 3. The van der Waals surface area contributed by atoms with Gasteiger partial charge in [-0.25, -0.2) is 9.97 Å². The molecule has 0 atom stereocenters. The van der Waals surface area contributed by atoms with E-state index < -0.39 is 11.7 Å². The summed E-state index contributed by atoms with van der Waals surface area (Å²) >= 11 is 0. The number of morpholine rings is 1. The molecular weight excluding hydrogens is 395 g/mol. The van der Waals surface area contributed by atoms with E-state index in [0.717, 1.165) is 49.8 Å². The Morgan fingerprint density at radius 2 is 1.33 bits per heavy atom. The molecule has 0 bridgehead atoms. The van der Waals surface area contributed by atoms with Crippen molar-refractivity contribution in [2.24, 2.45) is 0 Å². The van der Waals surface area contributed by atoms with Crippen molar-refractivity contribution in [2.75, 3.05) is 41.8 Å². The molecule has 1 fully saturated rings. The maximum absolute atomic E-state index is 12.7. The number of halogens is 3. The first kappa shape index (κ1) is 20.0. The Morgan fingerprint density at radius 3 is 1.87 bits per heavy atom. The van der Waals surface area contributed by atoms with E-state index in [1.54, 1.807) is 6.07 Å². The number of benzene rings is 2. The van der Waals surface area contributed by atoms with Gasteiger partial charge in [-0.05, 0) is 48.5 Å². The fraction of sp³-hybridized carbons (Fsp3) is 0.238. The fourth-order valence-electron chi connectivity index (χ4n) is 3.11.